The Morgan fingerprint density at radius 1 is 1.14 bits per heavy atom. The fourth-order valence-electron chi connectivity index (χ4n) is 2.61. The number of anilines is 1. The van der Waals surface area contributed by atoms with Gasteiger partial charge in [0.25, 0.3) is 5.91 Å². The number of nitrogens with one attached hydrogen (secondary N) is 1. The highest BCUT2D eigenvalue weighted by Gasteiger charge is 2.21. The van der Waals surface area contributed by atoms with Crippen molar-refractivity contribution in [3.63, 3.8) is 0 Å². The Balaban J connectivity index is 1.63. The van der Waals surface area contributed by atoms with E-state index in [4.69, 9.17) is 14.2 Å². The highest BCUT2D eigenvalue weighted by atomic mass is 16.6. The van der Waals surface area contributed by atoms with Gasteiger partial charge in [-0.3, -0.25) is 4.79 Å². The Morgan fingerprint density at radius 2 is 1.83 bits per heavy atom. The van der Waals surface area contributed by atoms with Crippen LogP contribution in [-0.2, 0) is 14.3 Å². The number of rotatable bonds is 5. The molecule has 0 aromatic heterocycles. The third-order valence-corrected chi connectivity index (χ3v) is 4.19. The van der Waals surface area contributed by atoms with Crippen molar-refractivity contribution >= 4 is 23.6 Å². The van der Waals surface area contributed by atoms with E-state index < -0.39 is 18.0 Å². The van der Waals surface area contributed by atoms with Crippen LogP contribution in [0.15, 0.2) is 48.0 Å². The predicted molar refractivity (Wildman–Crippen MR) is 106 cm³/mol. The minimum atomic E-state index is -1.09. The van der Waals surface area contributed by atoms with Crippen LogP contribution in [0.25, 0.3) is 6.08 Å². The second-order valence-electron chi connectivity index (χ2n) is 6.48. The quantitative estimate of drug-likeness (QED) is 0.477. The molecule has 1 amide bonds. The van der Waals surface area contributed by atoms with Crippen LogP contribution in [0.5, 0.6) is 11.5 Å². The molecule has 0 radical (unpaired) electrons. The van der Waals surface area contributed by atoms with Crippen LogP contribution in [0, 0.1) is 18.3 Å². The van der Waals surface area contributed by atoms with E-state index in [-0.39, 0.29) is 5.57 Å². The first-order valence-corrected chi connectivity index (χ1v) is 9.06. The summed E-state index contributed by atoms with van der Waals surface area (Å²) >= 11 is 0. The van der Waals surface area contributed by atoms with E-state index in [9.17, 15) is 14.9 Å². The Kier molecular flexibility index (Phi) is 6.15. The molecule has 0 unspecified atom stereocenters. The van der Waals surface area contributed by atoms with Gasteiger partial charge in [0.15, 0.2) is 17.6 Å². The standard InChI is InChI=1S/C22H20N2O5/c1-14-3-5-16(6-4-14)11-17(13-23)22(26)29-15(2)21(25)24-18-7-8-19-20(12-18)28-10-9-27-19/h3-8,11-12,15H,9-10H2,1-2H3,(H,24,25)/b17-11+/t15-/m1/s1. The van der Waals surface area contributed by atoms with Crippen molar-refractivity contribution in [2.75, 3.05) is 18.5 Å². The van der Waals surface area contributed by atoms with Gasteiger partial charge in [0.2, 0.25) is 0 Å². The number of nitriles is 1. The Hall–Kier alpha value is -3.79. The number of aryl methyl sites for hydroxylation is 1. The van der Waals surface area contributed by atoms with E-state index in [2.05, 4.69) is 5.32 Å². The number of hydrogen-bond donors (Lipinski definition) is 1. The molecule has 1 aliphatic rings. The van der Waals surface area contributed by atoms with Gasteiger partial charge in [0.05, 0.1) is 0 Å². The molecule has 29 heavy (non-hydrogen) atoms. The van der Waals surface area contributed by atoms with Crippen molar-refractivity contribution < 1.29 is 23.8 Å². The molecule has 1 heterocycles. The van der Waals surface area contributed by atoms with Crippen LogP contribution >= 0.6 is 0 Å². The summed E-state index contributed by atoms with van der Waals surface area (Å²) in [5.74, 6) is -0.249. The maximum absolute atomic E-state index is 12.4. The van der Waals surface area contributed by atoms with Gasteiger partial charge in [-0.05, 0) is 37.6 Å². The highest BCUT2D eigenvalue weighted by Crippen LogP contribution is 2.32. The summed E-state index contributed by atoms with van der Waals surface area (Å²) < 4.78 is 16.1. The summed E-state index contributed by atoms with van der Waals surface area (Å²) in [4.78, 5) is 24.6. The number of carbonyl (C=O) groups is 2. The van der Waals surface area contributed by atoms with E-state index in [1.54, 1.807) is 30.3 Å². The van der Waals surface area contributed by atoms with E-state index in [1.807, 2.05) is 25.1 Å². The molecule has 0 fully saturated rings. The summed E-state index contributed by atoms with van der Waals surface area (Å²) in [7, 11) is 0. The topological polar surface area (TPSA) is 97.7 Å². The Labute approximate surface area is 168 Å². The van der Waals surface area contributed by atoms with Crippen LogP contribution in [0.3, 0.4) is 0 Å². The van der Waals surface area contributed by atoms with E-state index >= 15 is 0 Å². The number of amides is 1. The van der Waals surface area contributed by atoms with Gasteiger partial charge in [-0.2, -0.15) is 5.26 Å². The molecule has 1 aliphatic heterocycles. The van der Waals surface area contributed by atoms with Crippen molar-refractivity contribution in [2.45, 2.75) is 20.0 Å². The van der Waals surface area contributed by atoms with Crippen molar-refractivity contribution in [3.05, 3.63) is 59.2 Å². The smallest absolute Gasteiger partial charge is 0.349 e. The average molecular weight is 392 g/mol. The number of fused-ring (bicyclic) bond motifs is 1. The van der Waals surface area contributed by atoms with Gasteiger partial charge >= 0.3 is 5.97 Å². The molecule has 2 aromatic rings. The molecule has 0 aliphatic carbocycles. The molecular weight excluding hydrogens is 372 g/mol. The zero-order valence-electron chi connectivity index (χ0n) is 16.1. The number of benzene rings is 2. The van der Waals surface area contributed by atoms with Gasteiger partial charge in [0, 0.05) is 11.8 Å². The molecule has 0 saturated heterocycles. The second kappa shape index (κ2) is 8.93. The predicted octanol–water partition coefficient (Wildman–Crippen LogP) is 3.24. The van der Waals surface area contributed by atoms with Gasteiger partial charge in [-0.1, -0.05) is 29.8 Å². The number of hydrogen-bond acceptors (Lipinski definition) is 6. The second-order valence-corrected chi connectivity index (χ2v) is 6.48. The minimum absolute atomic E-state index is 0.187. The Bertz CT molecular complexity index is 989. The first-order valence-electron chi connectivity index (χ1n) is 9.06. The molecule has 0 saturated carbocycles. The summed E-state index contributed by atoms with van der Waals surface area (Å²) in [6, 6.07) is 14.1. The molecular formula is C22H20N2O5. The van der Waals surface area contributed by atoms with Crippen LogP contribution < -0.4 is 14.8 Å². The zero-order valence-corrected chi connectivity index (χ0v) is 16.1. The SMILES string of the molecule is Cc1ccc(/C=C(\C#N)C(=O)O[C@H](C)C(=O)Nc2ccc3c(c2)OCCO3)cc1. The Morgan fingerprint density at radius 3 is 2.52 bits per heavy atom. The summed E-state index contributed by atoms with van der Waals surface area (Å²) in [6.07, 6.45) is 0.332. The van der Waals surface area contributed by atoms with E-state index in [0.29, 0.717) is 36.0 Å². The zero-order chi connectivity index (χ0) is 20.8. The van der Waals surface area contributed by atoms with Crippen LogP contribution in [0.1, 0.15) is 18.1 Å². The highest BCUT2D eigenvalue weighted by molar-refractivity contribution is 6.01. The molecule has 148 valence electrons. The van der Waals surface area contributed by atoms with E-state index in [1.165, 1.54) is 13.0 Å². The third-order valence-electron chi connectivity index (χ3n) is 4.19. The van der Waals surface area contributed by atoms with Crippen molar-refractivity contribution in [1.82, 2.24) is 0 Å². The maximum atomic E-state index is 12.4. The monoisotopic (exact) mass is 392 g/mol. The lowest BCUT2D eigenvalue weighted by Crippen LogP contribution is -2.30. The van der Waals surface area contributed by atoms with Crippen molar-refractivity contribution in [3.8, 4) is 17.6 Å². The molecule has 1 N–H and O–H groups in total. The number of ether oxygens (including phenoxy) is 3. The van der Waals surface area contributed by atoms with E-state index in [0.717, 1.165) is 5.56 Å². The fraction of sp³-hybridized carbons (Fsp3) is 0.227. The largest absolute Gasteiger partial charge is 0.486 e. The third kappa shape index (κ3) is 5.14. The number of carbonyl (C=O) groups excluding carboxylic acids is 2. The lowest BCUT2D eigenvalue weighted by atomic mass is 10.1. The van der Waals surface area contributed by atoms with Crippen LogP contribution in [0.4, 0.5) is 5.69 Å². The van der Waals surface area contributed by atoms with Crippen molar-refractivity contribution in [1.29, 1.82) is 5.26 Å². The first kappa shape index (κ1) is 20.0. The van der Waals surface area contributed by atoms with Crippen LogP contribution in [-0.4, -0.2) is 31.2 Å². The first-order chi connectivity index (χ1) is 14.0. The molecule has 3 rings (SSSR count). The molecule has 2 aromatic carbocycles. The molecule has 0 bridgehead atoms. The minimum Gasteiger partial charge on any atom is -0.486 e. The maximum Gasteiger partial charge on any atom is 0.349 e. The lowest BCUT2D eigenvalue weighted by molar-refractivity contribution is -0.148. The van der Waals surface area contributed by atoms with Gasteiger partial charge in [-0.25, -0.2) is 4.79 Å². The normalized spacial score (nSPS) is 13.8. The van der Waals surface area contributed by atoms with Gasteiger partial charge in [0.1, 0.15) is 24.9 Å². The molecule has 7 heteroatoms. The van der Waals surface area contributed by atoms with Gasteiger partial charge in [-0.15, -0.1) is 0 Å². The molecule has 1 atom stereocenters. The number of nitrogens with zero attached hydrogens (tertiary/aromatic N) is 1. The lowest BCUT2D eigenvalue weighted by Gasteiger charge is -2.19. The molecule has 7 nitrogen and oxygen atoms in total. The molecule has 0 spiro atoms. The summed E-state index contributed by atoms with van der Waals surface area (Å²) in [6.45, 7) is 4.28. The summed E-state index contributed by atoms with van der Waals surface area (Å²) in [5, 5.41) is 11.9. The fourth-order valence-corrected chi connectivity index (χ4v) is 2.61. The van der Waals surface area contributed by atoms with Gasteiger partial charge < -0.3 is 19.5 Å². The average Bonchev–Trinajstić information content (AvgIpc) is 2.73. The summed E-state index contributed by atoms with van der Waals surface area (Å²) in [5.41, 5.74) is 2.05. The van der Waals surface area contributed by atoms with Crippen molar-refractivity contribution in [2.24, 2.45) is 0 Å². The number of esters is 1. The van der Waals surface area contributed by atoms with Crippen LogP contribution in [0.2, 0.25) is 0 Å².